The fourth-order valence-corrected chi connectivity index (χ4v) is 2.70. The molecule has 0 aliphatic heterocycles. The van der Waals surface area contributed by atoms with Crippen LogP contribution in [0.4, 0.5) is 11.5 Å². The van der Waals surface area contributed by atoms with Gasteiger partial charge in [0.2, 0.25) is 0 Å². The van der Waals surface area contributed by atoms with E-state index >= 15 is 0 Å². The Hall–Kier alpha value is -2.21. The highest BCUT2D eigenvalue weighted by Crippen LogP contribution is 2.24. The highest BCUT2D eigenvalue weighted by atomic mass is 32.1. The largest absolute Gasteiger partial charge is 0.351 e. The molecule has 1 amide bonds. The molecule has 1 heterocycles. The molecule has 0 saturated carbocycles. The molecule has 0 saturated heterocycles. The summed E-state index contributed by atoms with van der Waals surface area (Å²) in [5, 5.41) is 2.88. The summed E-state index contributed by atoms with van der Waals surface area (Å²) in [7, 11) is 1.75. The molecule has 110 valence electrons. The zero-order valence-corrected chi connectivity index (χ0v) is 13.0. The first-order chi connectivity index (χ1) is 9.99. The minimum Gasteiger partial charge on any atom is -0.351 e. The molecular formula is C15H17N3O2S. The quantitative estimate of drug-likeness (QED) is 0.922. The van der Waals surface area contributed by atoms with Crippen molar-refractivity contribution in [3.05, 3.63) is 40.2 Å². The number of para-hydroxylation sites is 1. The number of ketones is 1. The van der Waals surface area contributed by atoms with Gasteiger partial charge in [-0.25, -0.2) is 4.98 Å². The minimum atomic E-state index is -0.211. The molecule has 0 bridgehead atoms. The Morgan fingerprint density at radius 1 is 1.33 bits per heavy atom. The van der Waals surface area contributed by atoms with Crippen molar-refractivity contribution in [2.75, 3.05) is 23.8 Å². The van der Waals surface area contributed by atoms with E-state index in [-0.39, 0.29) is 18.2 Å². The number of likely N-dealkylation sites (N-methyl/N-ethyl adjacent to an activating group) is 1. The SMILES string of the molecule is CC(=O)CN(C)c1ncsc1C(=O)Nc1ccccc1C. The summed E-state index contributed by atoms with van der Waals surface area (Å²) in [6, 6.07) is 7.58. The molecule has 0 fully saturated rings. The number of carbonyl (C=O) groups is 2. The Bertz CT molecular complexity index is 666. The number of amides is 1. The van der Waals surface area contributed by atoms with Gasteiger partial charge in [-0.3, -0.25) is 9.59 Å². The van der Waals surface area contributed by atoms with Crippen molar-refractivity contribution >= 4 is 34.5 Å². The monoisotopic (exact) mass is 303 g/mol. The number of hydrogen-bond donors (Lipinski definition) is 1. The number of thiazole rings is 1. The van der Waals surface area contributed by atoms with Crippen LogP contribution in [0.15, 0.2) is 29.8 Å². The predicted molar refractivity (Wildman–Crippen MR) is 85.2 cm³/mol. The van der Waals surface area contributed by atoms with Crippen molar-refractivity contribution < 1.29 is 9.59 Å². The maximum absolute atomic E-state index is 12.4. The molecule has 5 nitrogen and oxygen atoms in total. The fourth-order valence-electron chi connectivity index (χ4n) is 1.97. The van der Waals surface area contributed by atoms with Gasteiger partial charge in [0.05, 0.1) is 12.1 Å². The lowest BCUT2D eigenvalue weighted by atomic mass is 10.2. The van der Waals surface area contributed by atoms with Gasteiger partial charge < -0.3 is 10.2 Å². The number of rotatable bonds is 5. The molecule has 21 heavy (non-hydrogen) atoms. The Balaban J connectivity index is 2.19. The van der Waals surface area contributed by atoms with Crippen LogP contribution in [0.3, 0.4) is 0 Å². The summed E-state index contributed by atoms with van der Waals surface area (Å²) in [5.74, 6) is 0.342. The average Bonchev–Trinajstić information content (AvgIpc) is 2.90. The van der Waals surface area contributed by atoms with E-state index in [4.69, 9.17) is 0 Å². The van der Waals surface area contributed by atoms with Gasteiger partial charge in [0.1, 0.15) is 10.7 Å². The van der Waals surface area contributed by atoms with E-state index in [9.17, 15) is 9.59 Å². The first-order valence-corrected chi connectivity index (χ1v) is 7.38. The zero-order valence-electron chi connectivity index (χ0n) is 12.2. The third kappa shape index (κ3) is 3.66. The van der Waals surface area contributed by atoms with E-state index in [1.807, 2.05) is 31.2 Å². The molecule has 0 radical (unpaired) electrons. The van der Waals surface area contributed by atoms with Crippen LogP contribution >= 0.6 is 11.3 Å². The molecule has 6 heteroatoms. The Morgan fingerprint density at radius 2 is 2.05 bits per heavy atom. The minimum absolute atomic E-state index is 0.0239. The van der Waals surface area contributed by atoms with Crippen LogP contribution in [0, 0.1) is 6.92 Å². The van der Waals surface area contributed by atoms with Crippen LogP contribution in [-0.4, -0.2) is 30.3 Å². The van der Waals surface area contributed by atoms with Crippen molar-refractivity contribution in [3.63, 3.8) is 0 Å². The fraction of sp³-hybridized carbons (Fsp3) is 0.267. The number of nitrogens with one attached hydrogen (secondary N) is 1. The Morgan fingerprint density at radius 3 is 2.71 bits per heavy atom. The third-order valence-corrected chi connectivity index (χ3v) is 3.78. The lowest BCUT2D eigenvalue weighted by Crippen LogP contribution is -2.26. The number of carbonyl (C=O) groups excluding carboxylic acids is 2. The molecule has 2 rings (SSSR count). The highest BCUT2D eigenvalue weighted by molar-refractivity contribution is 7.12. The van der Waals surface area contributed by atoms with Gasteiger partial charge in [0.15, 0.2) is 5.82 Å². The number of aromatic nitrogens is 1. The summed E-state index contributed by atoms with van der Waals surface area (Å²) in [5.41, 5.74) is 3.38. The molecule has 1 N–H and O–H groups in total. The van der Waals surface area contributed by atoms with E-state index in [1.54, 1.807) is 17.5 Å². The number of nitrogens with zero attached hydrogens (tertiary/aromatic N) is 2. The number of hydrogen-bond acceptors (Lipinski definition) is 5. The smallest absolute Gasteiger partial charge is 0.269 e. The Labute approximate surface area is 127 Å². The molecule has 2 aromatic rings. The second-order valence-electron chi connectivity index (χ2n) is 4.83. The van der Waals surface area contributed by atoms with E-state index in [2.05, 4.69) is 10.3 Å². The predicted octanol–water partition coefficient (Wildman–Crippen LogP) is 2.73. The van der Waals surface area contributed by atoms with Crippen molar-refractivity contribution in [1.29, 1.82) is 0 Å². The number of anilines is 2. The maximum atomic E-state index is 12.4. The van der Waals surface area contributed by atoms with Crippen LogP contribution in [0.25, 0.3) is 0 Å². The first-order valence-electron chi connectivity index (χ1n) is 6.50. The van der Waals surface area contributed by atoms with Gasteiger partial charge in [-0.1, -0.05) is 18.2 Å². The van der Waals surface area contributed by atoms with E-state index in [1.165, 1.54) is 18.3 Å². The number of Topliss-reactive ketones (excluding diaryl/α,β-unsaturated/α-hetero) is 1. The zero-order chi connectivity index (χ0) is 15.4. The molecule has 1 aromatic heterocycles. The van der Waals surface area contributed by atoms with Gasteiger partial charge in [-0.05, 0) is 25.5 Å². The van der Waals surface area contributed by atoms with Crippen molar-refractivity contribution in [2.45, 2.75) is 13.8 Å². The van der Waals surface area contributed by atoms with Gasteiger partial charge in [-0.15, -0.1) is 11.3 Å². The molecule has 0 aliphatic rings. The Kier molecular flexibility index (Phi) is 4.70. The second-order valence-corrected chi connectivity index (χ2v) is 5.69. The van der Waals surface area contributed by atoms with Crippen LogP contribution in [0.5, 0.6) is 0 Å². The van der Waals surface area contributed by atoms with E-state index in [0.29, 0.717) is 10.7 Å². The summed E-state index contributed by atoms with van der Waals surface area (Å²) < 4.78 is 0. The van der Waals surface area contributed by atoms with Gasteiger partial charge in [0.25, 0.3) is 5.91 Å². The number of aryl methyl sites for hydroxylation is 1. The standard InChI is InChI=1S/C15H17N3O2S/c1-10-6-4-5-7-12(10)17-15(20)13-14(16-9-21-13)18(3)8-11(2)19/h4-7,9H,8H2,1-3H3,(H,17,20). The summed E-state index contributed by atoms with van der Waals surface area (Å²) in [4.78, 5) is 30.0. The summed E-state index contributed by atoms with van der Waals surface area (Å²) in [6.07, 6.45) is 0. The van der Waals surface area contributed by atoms with E-state index < -0.39 is 0 Å². The topological polar surface area (TPSA) is 62.3 Å². The second kappa shape index (κ2) is 6.49. The van der Waals surface area contributed by atoms with Crippen LogP contribution < -0.4 is 10.2 Å². The third-order valence-electron chi connectivity index (χ3n) is 2.97. The van der Waals surface area contributed by atoms with Crippen LogP contribution in [0.2, 0.25) is 0 Å². The van der Waals surface area contributed by atoms with Gasteiger partial charge in [-0.2, -0.15) is 0 Å². The van der Waals surface area contributed by atoms with Gasteiger partial charge >= 0.3 is 0 Å². The van der Waals surface area contributed by atoms with E-state index in [0.717, 1.165) is 11.3 Å². The molecule has 0 aliphatic carbocycles. The average molecular weight is 303 g/mol. The summed E-state index contributed by atoms with van der Waals surface area (Å²) in [6.45, 7) is 3.68. The molecule has 0 unspecified atom stereocenters. The van der Waals surface area contributed by atoms with Crippen LogP contribution in [0.1, 0.15) is 22.2 Å². The molecule has 0 atom stereocenters. The van der Waals surface area contributed by atoms with Crippen molar-refractivity contribution in [2.24, 2.45) is 0 Å². The molecule has 1 aromatic carbocycles. The molecular weight excluding hydrogens is 286 g/mol. The summed E-state index contributed by atoms with van der Waals surface area (Å²) >= 11 is 1.26. The lowest BCUT2D eigenvalue weighted by Gasteiger charge is -2.16. The number of benzene rings is 1. The highest BCUT2D eigenvalue weighted by Gasteiger charge is 2.19. The van der Waals surface area contributed by atoms with Gasteiger partial charge in [0, 0.05) is 12.7 Å². The normalized spacial score (nSPS) is 10.2. The molecule has 0 spiro atoms. The lowest BCUT2D eigenvalue weighted by molar-refractivity contribution is -0.115. The van der Waals surface area contributed by atoms with Crippen molar-refractivity contribution in [3.8, 4) is 0 Å². The maximum Gasteiger partial charge on any atom is 0.269 e. The van der Waals surface area contributed by atoms with Crippen molar-refractivity contribution in [1.82, 2.24) is 4.98 Å². The van der Waals surface area contributed by atoms with Crippen LogP contribution in [-0.2, 0) is 4.79 Å². The first kappa shape index (κ1) is 15.2.